The van der Waals surface area contributed by atoms with E-state index in [4.69, 9.17) is 9.47 Å². The van der Waals surface area contributed by atoms with Crippen LogP contribution in [0.15, 0.2) is 79.0 Å². The number of carboxylic acids is 1. The molecule has 0 fully saturated rings. The number of ether oxygens (including phenoxy) is 2. The number of fused-ring (bicyclic) bond motifs is 4. The first-order chi connectivity index (χ1) is 19.1. The van der Waals surface area contributed by atoms with Crippen LogP contribution in [0.4, 0.5) is 9.59 Å². The lowest BCUT2D eigenvalue weighted by Gasteiger charge is -2.20. The predicted octanol–water partition coefficient (Wildman–Crippen LogP) is 6.35. The lowest BCUT2D eigenvalue weighted by Crippen LogP contribution is -2.39. The molecule has 1 heterocycles. The number of carbonyl (C=O) groups excluding carboxylic acids is 2. The third-order valence-corrected chi connectivity index (χ3v) is 6.94. The fourth-order valence-corrected chi connectivity index (χ4v) is 5.33. The third-order valence-electron chi connectivity index (χ3n) is 6.94. The maximum absolute atomic E-state index is 12.9. The van der Waals surface area contributed by atoms with E-state index in [9.17, 15) is 19.5 Å². The van der Waals surface area contributed by atoms with E-state index < -0.39 is 29.8 Å². The van der Waals surface area contributed by atoms with Crippen LogP contribution < -0.4 is 5.32 Å². The molecule has 3 aromatic carbocycles. The molecule has 2 N–H and O–H groups in total. The predicted molar refractivity (Wildman–Crippen MR) is 152 cm³/mol. The van der Waals surface area contributed by atoms with E-state index in [0.29, 0.717) is 11.1 Å². The molecule has 4 aromatic rings. The van der Waals surface area contributed by atoms with E-state index in [0.717, 1.165) is 27.6 Å². The average Bonchev–Trinajstić information content (AvgIpc) is 3.42. The van der Waals surface area contributed by atoms with Crippen LogP contribution in [0.2, 0.25) is 0 Å². The summed E-state index contributed by atoms with van der Waals surface area (Å²) in [6.45, 7) is 5.49. The number of aromatic nitrogens is 1. The molecule has 1 amide bonds. The highest BCUT2D eigenvalue weighted by Crippen LogP contribution is 2.44. The zero-order valence-corrected chi connectivity index (χ0v) is 22.7. The van der Waals surface area contributed by atoms with Crippen molar-refractivity contribution in [3.05, 3.63) is 95.7 Å². The van der Waals surface area contributed by atoms with Gasteiger partial charge in [0.05, 0.1) is 11.9 Å². The lowest BCUT2D eigenvalue weighted by molar-refractivity contribution is -0.137. The first kappa shape index (κ1) is 27.0. The quantitative estimate of drug-likeness (QED) is 0.283. The Bertz CT molecular complexity index is 1540. The number of carboxylic acid groups (broad SMARTS) is 1. The van der Waals surface area contributed by atoms with Crippen LogP contribution in [0.3, 0.4) is 0 Å². The van der Waals surface area contributed by atoms with Crippen molar-refractivity contribution >= 4 is 29.1 Å². The molecular weight excluding hydrogens is 508 g/mol. The number of nitrogens with zero attached hydrogens (tertiary/aromatic N) is 1. The molecule has 0 saturated heterocycles. The van der Waals surface area contributed by atoms with Crippen molar-refractivity contribution in [1.82, 2.24) is 9.88 Å². The second kappa shape index (κ2) is 10.9. The molecule has 8 heteroatoms. The van der Waals surface area contributed by atoms with Gasteiger partial charge in [0, 0.05) is 23.5 Å². The number of amides is 1. The second-order valence-corrected chi connectivity index (χ2v) is 11.0. The molecule has 0 unspecified atom stereocenters. The third kappa shape index (κ3) is 5.71. The monoisotopic (exact) mass is 540 g/mol. The van der Waals surface area contributed by atoms with E-state index in [-0.39, 0.29) is 25.4 Å². The molecule has 5 rings (SSSR count). The smallest absolute Gasteiger partial charge is 0.419 e. The van der Waals surface area contributed by atoms with Crippen LogP contribution in [0, 0.1) is 0 Å². The largest absolute Gasteiger partial charge is 0.481 e. The number of nitrogens with one attached hydrogen (secondary N) is 1. The Labute approximate surface area is 232 Å². The van der Waals surface area contributed by atoms with Crippen molar-refractivity contribution in [2.75, 3.05) is 6.61 Å². The summed E-state index contributed by atoms with van der Waals surface area (Å²) in [6.07, 6.45) is 0.300. The molecule has 1 atom stereocenters. The van der Waals surface area contributed by atoms with Crippen LogP contribution >= 0.6 is 0 Å². The molecule has 0 saturated carbocycles. The van der Waals surface area contributed by atoms with Crippen LogP contribution in [0.1, 0.15) is 49.8 Å². The van der Waals surface area contributed by atoms with Gasteiger partial charge in [-0.05, 0) is 61.1 Å². The van der Waals surface area contributed by atoms with Crippen molar-refractivity contribution in [2.45, 2.75) is 51.2 Å². The number of aliphatic carboxylic acids is 1. The molecule has 1 aliphatic carbocycles. The van der Waals surface area contributed by atoms with Gasteiger partial charge in [0.1, 0.15) is 12.2 Å². The van der Waals surface area contributed by atoms with E-state index in [2.05, 4.69) is 17.4 Å². The summed E-state index contributed by atoms with van der Waals surface area (Å²) >= 11 is 0. The van der Waals surface area contributed by atoms with Gasteiger partial charge < -0.3 is 19.9 Å². The number of rotatable bonds is 7. The number of alkyl carbamates (subject to hydrolysis) is 1. The standard InChI is InChI=1S/C32H32N2O6/c1-32(2,3)40-31(38)34-18-20(22-10-8-9-15-28(22)34)16-21(17-29(35)36)33-30(37)39-19-27-25-13-6-4-11-23(25)24-12-5-7-14-26(24)27/h4-15,18,21,27H,16-17,19H2,1-3H3,(H,33,37)(H,35,36)/t21-/m0/s1. The van der Waals surface area contributed by atoms with Gasteiger partial charge in [0.15, 0.2) is 0 Å². The summed E-state index contributed by atoms with van der Waals surface area (Å²) in [4.78, 5) is 37.5. The maximum Gasteiger partial charge on any atom is 0.419 e. The molecule has 1 aliphatic rings. The normalized spacial score (nSPS) is 13.4. The zero-order valence-electron chi connectivity index (χ0n) is 22.7. The molecule has 0 bridgehead atoms. The Morgan fingerprint density at radius 2 is 1.52 bits per heavy atom. The minimum absolute atomic E-state index is 0.108. The van der Waals surface area contributed by atoms with Gasteiger partial charge >= 0.3 is 18.2 Å². The number of para-hydroxylation sites is 1. The van der Waals surface area contributed by atoms with Crippen molar-refractivity contribution in [2.24, 2.45) is 0 Å². The molecule has 40 heavy (non-hydrogen) atoms. The SMILES string of the molecule is CC(C)(C)OC(=O)n1cc(C[C@@H](CC(=O)O)NC(=O)OCC2c3ccccc3-c3ccccc32)c2ccccc21. The van der Waals surface area contributed by atoms with E-state index in [1.165, 1.54) is 4.57 Å². The first-order valence-electron chi connectivity index (χ1n) is 13.3. The maximum atomic E-state index is 12.9. The van der Waals surface area contributed by atoms with Crippen molar-refractivity contribution in [3.63, 3.8) is 0 Å². The second-order valence-electron chi connectivity index (χ2n) is 11.0. The highest BCUT2D eigenvalue weighted by molar-refractivity contribution is 5.92. The lowest BCUT2D eigenvalue weighted by atomic mass is 9.98. The minimum Gasteiger partial charge on any atom is -0.481 e. The van der Waals surface area contributed by atoms with E-state index >= 15 is 0 Å². The van der Waals surface area contributed by atoms with Gasteiger partial charge in [-0.2, -0.15) is 0 Å². The highest BCUT2D eigenvalue weighted by Gasteiger charge is 2.30. The van der Waals surface area contributed by atoms with Gasteiger partial charge in [0.25, 0.3) is 0 Å². The highest BCUT2D eigenvalue weighted by atomic mass is 16.6. The first-order valence-corrected chi connectivity index (χ1v) is 13.3. The molecule has 0 aliphatic heterocycles. The van der Waals surface area contributed by atoms with Crippen LogP contribution in [-0.2, 0) is 20.7 Å². The summed E-state index contributed by atoms with van der Waals surface area (Å²) in [6, 6.07) is 22.7. The molecule has 206 valence electrons. The fourth-order valence-electron chi connectivity index (χ4n) is 5.33. The number of benzene rings is 3. The Morgan fingerprint density at radius 3 is 2.15 bits per heavy atom. The summed E-state index contributed by atoms with van der Waals surface area (Å²) in [5.74, 6) is -1.16. The fraction of sp³-hybridized carbons (Fsp3) is 0.281. The average molecular weight is 541 g/mol. The van der Waals surface area contributed by atoms with Crippen LogP contribution in [0.5, 0.6) is 0 Å². The Balaban J connectivity index is 1.32. The van der Waals surface area contributed by atoms with Crippen molar-refractivity contribution in [1.29, 1.82) is 0 Å². The summed E-state index contributed by atoms with van der Waals surface area (Å²) in [7, 11) is 0. The van der Waals surface area contributed by atoms with Gasteiger partial charge in [-0.3, -0.25) is 9.36 Å². The van der Waals surface area contributed by atoms with Gasteiger partial charge in [0.2, 0.25) is 0 Å². The molecule has 0 spiro atoms. The Hall–Kier alpha value is -4.59. The van der Waals surface area contributed by atoms with Crippen molar-refractivity contribution < 1.29 is 29.0 Å². The molecule has 1 aromatic heterocycles. The number of hydrogen-bond acceptors (Lipinski definition) is 5. The summed E-state index contributed by atoms with van der Waals surface area (Å²) in [5.41, 5.74) is 5.10. The molecule has 8 nitrogen and oxygen atoms in total. The van der Waals surface area contributed by atoms with Crippen LogP contribution in [-0.4, -0.2) is 46.1 Å². The van der Waals surface area contributed by atoms with Crippen LogP contribution in [0.25, 0.3) is 22.0 Å². The number of hydrogen-bond donors (Lipinski definition) is 2. The summed E-state index contributed by atoms with van der Waals surface area (Å²) < 4.78 is 12.6. The molecular formula is C32H32N2O6. The van der Waals surface area contributed by atoms with E-state index in [1.54, 1.807) is 33.0 Å². The van der Waals surface area contributed by atoms with Gasteiger partial charge in [-0.15, -0.1) is 0 Å². The molecule has 0 radical (unpaired) electrons. The Morgan fingerprint density at radius 1 is 0.925 bits per heavy atom. The minimum atomic E-state index is -1.06. The van der Waals surface area contributed by atoms with Crippen molar-refractivity contribution in [3.8, 4) is 11.1 Å². The zero-order chi connectivity index (χ0) is 28.4. The van der Waals surface area contributed by atoms with E-state index in [1.807, 2.05) is 54.6 Å². The van der Waals surface area contributed by atoms with Gasteiger partial charge in [-0.1, -0.05) is 66.7 Å². The van der Waals surface area contributed by atoms with Gasteiger partial charge in [-0.25, -0.2) is 9.59 Å². The number of carbonyl (C=O) groups is 3. The Kier molecular flexibility index (Phi) is 7.34. The topological polar surface area (TPSA) is 107 Å². The summed E-state index contributed by atoms with van der Waals surface area (Å²) in [5, 5.41) is 13.1.